The van der Waals surface area contributed by atoms with E-state index in [1.807, 2.05) is 36.0 Å². The molecule has 0 bridgehead atoms. The van der Waals surface area contributed by atoms with E-state index in [0.29, 0.717) is 43.6 Å². The minimum absolute atomic E-state index is 0.161. The van der Waals surface area contributed by atoms with Gasteiger partial charge in [0, 0.05) is 38.1 Å². The number of morpholine rings is 1. The van der Waals surface area contributed by atoms with Crippen LogP contribution in [-0.2, 0) is 11.8 Å². The average molecular weight is 360 g/mol. The SMILES string of the molecule is COc1cccc([C@H](NC(=O)N2CCOCC2)c2nccn2C)c1OC. The number of benzene rings is 1. The third-order valence-electron chi connectivity index (χ3n) is 4.43. The van der Waals surface area contributed by atoms with E-state index in [2.05, 4.69) is 10.3 Å². The first kappa shape index (κ1) is 18.1. The van der Waals surface area contributed by atoms with Crippen LogP contribution in [0.15, 0.2) is 30.6 Å². The lowest BCUT2D eigenvalue weighted by Crippen LogP contribution is -2.47. The summed E-state index contributed by atoms with van der Waals surface area (Å²) in [5.41, 5.74) is 0.780. The van der Waals surface area contributed by atoms with Gasteiger partial charge in [-0.25, -0.2) is 9.78 Å². The summed E-state index contributed by atoms with van der Waals surface area (Å²) in [6.07, 6.45) is 3.55. The first-order chi connectivity index (χ1) is 12.7. The largest absolute Gasteiger partial charge is 0.493 e. The van der Waals surface area contributed by atoms with E-state index >= 15 is 0 Å². The number of para-hydroxylation sites is 1. The fourth-order valence-corrected chi connectivity index (χ4v) is 3.06. The summed E-state index contributed by atoms with van der Waals surface area (Å²) in [4.78, 5) is 19.0. The van der Waals surface area contributed by atoms with Crippen molar-refractivity contribution in [2.75, 3.05) is 40.5 Å². The Bertz CT molecular complexity index is 755. The van der Waals surface area contributed by atoms with Crippen molar-refractivity contribution < 1.29 is 19.0 Å². The molecule has 8 heteroatoms. The van der Waals surface area contributed by atoms with E-state index in [9.17, 15) is 4.79 Å². The zero-order chi connectivity index (χ0) is 18.5. The molecule has 26 heavy (non-hydrogen) atoms. The van der Waals surface area contributed by atoms with Crippen molar-refractivity contribution in [2.45, 2.75) is 6.04 Å². The molecular weight excluding hydrogens is 336 g/mol. The van der Waals surface area contributed by atoms with Crippen LogP contribution in [0.3, 0.4) is 0 Å². The maximum Gasteiger partial charge on any atom is 0.318 e. The Kier molecular flexibility index (Phi) is 5.62. The molecule has 1 saturated heterocycles. The van der Waals surface area contributed by atoms with Crippen LogP contribution >= 0.6 is 0 Å². The average Bonchev–Trinajstić information content (AvgIpc) is 3.11. The third-order valence-corrected chi connectivity index (χ3v) is 4.43. The van der Waals surface area contributed by atoms with Crippen LogP contribution in [0, 0.1) is 0 Å². The second-order valence-corrected chi connectivity index (χ2v) is 5.96. The summed E-state index contributed by atoms with van der Waals surface area (Å²) in [6, 6.07) is 4.96. The molecule has 0 spiro atoms. The fraction of sp³-hybridized carbons (Fsp3) is 0.444. The van der Waals surface area contributed by atoms with E-state index in [1.54, 1.807) is 25.3 Å². The Morgan fingerprint density at radius 1 is 1.27 bits per heavy atom. The Morgan fingerprint density at radius 2 is 2.04 bits per heavy atom. The highest BCUT2D eigenvalue weighted by Crippen LogP contribution is 2.36. The number of nitrogens with one attached hydrogen (secondary N) is 1. The predicted octanol–water partition coefficient (Wildman–Crippen LogP) is 1.57. The van der Waals surface area contributed by atoms with Crippen LogP contribution in [0.1, 0.15) is 17.4 Å². The number of aromatic nitrogens is 2. The van der Waals surface area contributed by atoms with Crippen LogP contribution in [0.4, 0.5) is 4.79 Å². The number of rotatable bonds is 5. The molecule has 1 atom stereocenters. The molecule has 8 nitrogen and oxygen atoms in total. The summed E-state index contributed by atoms with van der Waals surface area (Å²) in [6.45, 7) is 2.22. The summed E-state index contributed by atoms with van der Waals surface area (Å²) < 4.78 is 18.2. The molecule has 1 N–H and O–H groups in total. The minimum atomic E-state index is -0.476. The van der Waals surface area contributed by atoms with Crippen LogP contribution < -0.4 is 14.8 Å². The number of hydrogen-bond acceptors (Lipinski definition) is 5. The highest BCUT2D eigenvalue weighted by atomic mass is 16.5. The van der Waals surface area contributed by atoms with Gasteiger partial charge in [-0.1, -0.05) is 12.1 Å². The van der Waals surface area contributed by atoms with Gasteiger partial charge in [0.15, 0.2) is 11.5 Å². The van der Waals surface area contributed by atoms with Gasteiger partial charge in [0.05, 0.1) is 27.4 Å². The number of methoxy groups -OCH3 is 2. The van der Waals surface area contributed by atoms with Crippen molar-refractivity contribution >= 4 is 6.03 Å². The minimum Gasteiger partial charge on any atom is -0.493 e. The summed E-state index contributed by atoms with van der Waals surface area (Å²) in [5, 5.41) is 3.08. The molecule has 1 aliphatic rings. The van der Waals surface area contributed by atoms with Gasteiger partial charge >= 0.3 is 6.03 Å². The number of ether oxygens (including phenoxy) is 3. The monoisotopic (exact) mass is 360 g/mol. The van der Waals surface area contributed by atoms with Crippen molar-refractivity contribution in [1.29, 1.82) is 0 Å². The number of urea groups is 1. The molecule has 3 rings (SSSR count). The fourth-order valence-electron chi connectivity index (χ4n) is 3.06. The molecule has 0 radical (unpaired) electrons. The molecule has 2 amide bonds. The zero-order valence-corrected chi connectivity index (χ0v) is 15.3. The first-order valence-electron chi connectivity index (χ1n) is 8.47. The van der Waals surface area contributed by atoms with Gasteiger partial charge in [-0.3, -0.25) is 0 Å². The summed E-state index contributed by atoms with van der Waals surface area (Å²) in [7, 11) is 5.06. The molecule has 2 heterocycles. The number of aryl methyl sites for hydroxylation is 1. The van der Waals surface area contributed by atoms with Crippen molar-refractivity contribution in [3.05, 3.63) is 42.0 Å². The second-order valence-electron chi connectivity index (χ2n) is 5.96. The zero-order valence-electron chi connectivity index (χ0n) is 15.3. The van der Waals surface area contributed by atoms with Crippen molar-refractivity contribution in [2.24, 2.45) is 7.05 Å². The van der Waals surface area contributed by atoms with Gasteiger partial charge < -0.3 is 29.0 Å². The quantitative estimate of drug-likeness (QED) is 0.876. The Hall–Kier alpha value is -2.74. The molecule has 1 aromatic heterocycles. The molecule has 0 aliphatic carbocycles. The van der Waals surface area contributed by atoms with Crippen molar-refractivity contribution in [1.82, 2.24) is 19.8 Å². The van der Waals surface area contributed by atoms with Gasteiger partial charge in [0.25, 0.3) is 0 Å². The lowest BCUT2D eigenvalue weighted by atomic mass is 10.0. The van der Waals surface area contributed by atoms with Crippen molar-refractivity contribution in [3.63, 3.8) is 0 Å². The van der Waals surface area contributed by atoms with Gasteiger partial charge in [-0.15, -0.1) is 0 Å². The first-order valence-corrected chi connectivity index (χ1v) is 8.47. The van der Waals surface area contributed by atoms with E-state index in [-0.39, 0.29) is 6.03 Å². The number of carbonyl (C=O) groups excluding carboxylic acids is 1. The van der Waals surface area contributed by atoms with Gasteiger partial charge in [-0.2, -0.15) is 0 Å². The number of hydrogen-bond donors (Lipinski definition) is 1. The van der Waals surface area contributed by atoms with Gasteiger partial charge in [0.2, 0.25) is 0 Å². The number of nitrogens with zero attached hydrogens (tertiary/aromatic N) is 3. The maximum absolute atomic E-state index is 12.8. The Morgan fingerprint density at radius 3 is 2.65 bits per heavy atom. The molecule has 1 aromatic carbocycles. The lowest BCUT2D eigenvalue weighted by molar-refractivity contribution is 0.0527. The van der Waals surface area contributed by atoms with Gasteiger partial charge in [0.1, 0.15) is 11.9 Å². The molecule has 1 fully saturated rings. The highest BCUT2D eigenvalue weighted by molar-refractivity contribution is 5.75. The highest BCUT2D eigenvalue weighted by Gasteiger charge is 2.28. The molecule has 0 unspecified atom stereocenters. The molecule has 2 aromatic rings. The Balaban J connectivity index is 1.97. The van der Waals surface area contributed by atoms with Crippen LogP contribution in [0.25, 0.3) is 0 Å². The molecular formula is C18H24N4O4. The maximum atomic E-state index is 12.8. The normalized spacial score (nSPS) is 15.4. The van der Waals surface area contributed by atoms with E-state index in [4.69, 9.17) is 14.2 Å². The van der Waals surface area contributed by atoms with Crippen LogP contribution in [-0.4, -0.2) is 61.0 Å². The standard InChI is InChI=1S/C18H24N4O4/c1-21-8-7-19-17(21)15(20-18(23)22-9-11-26-12-10-22)13-5-4-6-14(24-2)16(13)25-3/h4-8,15H,9-12H2,1-3H3,(H,20,23)/t15-/m0/s1. The van der Waals surface area contributed by atoms with Crippen LogP contribution in [0.5, 0.6) is 11.5 Å². The topological polar surface area (TPSA) is 77.9 Å². The van der Waals surface area contributed by atoms with Gasteiger partial charge in [-0.05, 0) is 6.07 Å². The number of imidazole rings is 1. The van der Waals surface area contributed by atoms with E-state index in [0.717, 1.165) is 5.56 Å². The van der Waals surface area contributed by atoms with Crippen LogP contribution in [0.2, 0.25) is 0 Å². The smallest absolute Gasteiger partial charge is 0.318 e. The lowest BCUT2D eigenvalue weighted by Gasteiger charge is -2.30. The predicted molar refractivity (Wildman–Crippen MR) is 95.5 cm³/mol. The number of carbonyl (C=O) groups is 1. The molecule has 1 aliphatic heterocycles. The third kappa shape index (κ3) is 3.60. The second kappa shape index (κ2) is 8.09. The van der Waals surface area contributed by atoms with Crippen molar-refractivity contribution in [3.8, 4) is 11.5 Å². The Labute approximate surface area is 152 Å². The number of amides is 2. The van der Waals surface area contributed by atoms with E-state index in [1.165, 1.54) is 0 Å². The summed E-state index contributed by atoms with van der Waals surface area (Å²) >= 11 is 0. The summed E-state index contributed by atoms with van der Waals surface area (Å²) in [5.74, 6) is 1.88. The molecule has 0 saturated carbocycles. The van der Waals surface area contributed by atoms with E-state index < -0.39 is 6.04 Å². The molecule has 140 valence electrons.